The van der Waals surface area contributed by atoms with E-state index in [1.54, 1.807) is 4.90 Å². The van der Waals surface area contributed by atoms with Crippen LogP contribution >= 0.6 is 0 Å². The van der Waals surface area contributed by atoms with Crippen LogP contribution in [0.4, 0.5) is 0 Å². The van der Waals surface area contributed by atoms with E-state index in [0.29, 0.717) is 25.1 Å². The van der Waals surface area contributed by atoms with Gasteiger partial charge in [-0.25, -0.2) is 0 Å². The van der Waals surface area contributed by atoms with Gasteiger partial charge in [-0.1, -0.05) is 6.92 Å². The van der Waals surface area contributed by atoms with Crippen LogP contribution in [0.5, 0.6) is 0 Å². The predicted octanol–water partition coefficient (Wildman–Crippen LogP) is 1.85. The van der Waals surface area contributed by atoms with E-state index in [0.717, 1.165) is 30.8 Å². The SMILES string of the molecule is CCCn1nc(C)c(C(=O)N2CCC[C@@H](C(=O)O)C2)c1C. The zero-order valence-electron chi connectivity index (χ0n) is 12.9. The van der Waals surface area contributed by atoms with Gasteiger partial charge < -0.3 is 10.0 Å². The molecule has 2 rings (SSSR count). The van der Waals surface area contributed by atoms with Gasteiger partial charge in [0.1, 0.15) is 0 Å². The summed E-state index contributed by atoms with van der Waals surface area (Å²) >= 11 is 0. The van der Waals surface area contributed by atoms with Gasteiger partial charge in [0.2, 0.25) is 0 Å². The maximum Gasteiger partial charge on any atom is 0.308 e. The molecule has 0 unspecified atom stereocenters. The average Bonchev–Trinajstić information content (AvgIpc) is 2.73. The van der Waals surface area contributed by atoms with Gasteiger partial charge in [-0.3, -0.25) is 14.3 Å². The molecule has 1 aromatic rings. The molecule has 0 spiro atoms. The molecule has 0 aromatic carbocycles. The molecule has 0 radical (unpaired) electrons. The lowest BCUT2D eigenvalue weighted by atomic mass is 9.97. The summed E-state index contributed by atoms with van der Waals surface area (Å²) in [4.78, 5) is 25.5. The molecule has 1 aromatic heterocycles. The van der Waals surface area contributed by atoms with Crippen molar-refractivity contribution in [3.63, 3.8) is 0 Å². The first-order chi connectivity index (χ1) is 9.95. The van der Waals surface area contributed by atoms with Crippen molar-refractivity contribution in [2.24, 2.45) is 5.92 Å². The lowest BCUT2D eigenvalue weighted by Crippen LogP contribution is -2.42. The number of aryl methyl sites for hydroxylation is 2. The number of rotatable bonds is 4. The average molecular weight is 293 g/mol. The molecule has 0 saturated carbocycles. The van der Waals surface area contributed by atoms with Crippen molar-refractivity contribution in [2.45, 2.75) is 46.6 Å². The molecule has 1 fully saturated rings. The fraction of sp³-hybridized carbons (Fsp3) is 0.667. The Balaban J connectivity index is 2.22. The second kappa shape index (κ2) is 6.28. The Morgan fingerprint density at radius 3 is 2.71 bits per heavy atom. The number of hydrogen-bond donors (Lipinski definition) is 1. The van der Waals surface area contributed by atoms with E-state index in [1.807, 2.05) is 18.5 Å². The van der Waals surface area contributed by atoms with Gasteiger partial charge in [0.15, 0.2) is 0 Å². The Morgan fingerprint density at radius 1 is 1.38 bits per heavy atom. The third kappa shape index (κ3) is 3.09. The molecule has 1 aliphatic rings. The number of carboxylic acids is 1. The molecular formula is C15H23N3O3. The van der Waals surface area contributed by atoms with Gasteiger partial charge in [0, 0.05) is 25.3 Å². The molecule has 0 bridgehead atoms. The minimum atomic E-state index is -0.817. The fourth-order valence-electron chi connectivity index (χ4n) is 2.96. The number of aliphatic carboxylic acids is 1. The number of carboxylic acid groups (broad SMARTS) is 1. The summed E-state index contributed by atoms with van der Waals surface area (Å²) in [5.74, 6) is -1.35. The summed E-state index contributed by atoms with van der Waals surface area (Å²) in [5.41, 5.74) is 2.23. The quantitative estimate of drug-likeness (QED) is 0.919. The molecular weight excluding hydrogens is 270 g/mol. The highest BCUT2D eigenvalue weighted by Gasteiger charge is 2.31. The predicted molar refractivity (Wildman–Crippen MR) is 78.3 cm³/mol. The molecule has 1 N–H and O–H groups in total. The van der Waals surface area contributed by atoms with E-state index in [9.17, 15) is 9.59 Å². The Labute approximate surface area is 124 Å². The van der Waals surface area contributed by atoms with Crippen LogP contribution in [0.15, 0.2) is 0 Å². The van der Waals surface area contributed by atoms with Gasteiger partial charge >= 0.3 is 5.97 Å². The van der Waals surface area contributed by atoms with Crippen LogP contribution in [0, 0.1) is 19.8 Å². The molecule has 1 aliphatic heterocycles. The number of hydrogen-bond acceptors (Lipinski definition) is 3. The van der Waals surface area contributed by atoms with Crippen LogP contribution in [-0.2, 0) is 11.3 Å². The van der Waals surface area contributed by atoms with Crippen LogP contribution in [0.25, 0.3) is 0 Å². The third-order valence-electron chi connectivity index (χ3n) is 4.09. The number of piperidine rings is 1. The molecule has 1 saturated heterocycles. The van der Waals surface area contributed by atoms with E-state index in [2.05, 4.69) is 12.0 Å². The fourth-order valence-corrected chi connectivity index (χ4v) is 2.96. The maximum absolute atomic E-state index is 12.7. The Kier molecular flexibility index (Phi) is 4.65. The van der Waals surface area contributed by atoms with E-state index in [1.165, 1.54) is 0 Å². The van der Waals surface area contributed by atoms with Crippen LogP contribution in [-0.4, -0.2) is 44.8 Å². The number of carbonyl (C=O) groups excluding carboxylic acids is 1. The topological polar surface area (TPSA) is 75.4 Å². The highest BCUT2D eigenvalue weighted by atomic mass is 16.4. The number of aromatic nitrogens is 2. The van der Waals surface area contributed by atoms with Gasteiger partial charge in [-0.2, -0.15) is 5.10 Å². The molecule has 2 heterocycles. The normalized spacial score (nSPS) is 18.8. The number of likely N-dealkylation sites (tertiary alicyclic amines) is 1. The summed E-state index contributed by atoms with van der Waals surface area (Å²) in [6, 6.07) is 0. The van der Waals surface area contributed by atoms with Gasteiger partial charge in [0.05, 0.1) is 17.2 Å². The van der Waals surface area contributed by atoms with Crippen molar-refractivity contribution >= 4 is 11.9 Å². The van der Waals surface area contributed by atoms with Gasteiger partial charge in [0.25, 0.3) is 5.91 Å². The van der Waals surface area contributed by atoms with Gasteiger partial charge in [-0.15, -0.1) is 0 Å². The molecule has 1 amide bonds. The number of carbonyl (C=O) groups is 2. The van der Waals surface area contributed by atoms with E-state index >= 15 is 0 Å². The first-order valence-corrected chi connectivity index (χ1v) is 7.51. The minimum absolute atomic E-state index is 0.0849. The van der Waals surface area contributed by atoms with Gasteiger partial charge in [-0.05, 0) is 33.1 Å². The van der Waals surface area contributed by atoms with Crippen LogP contribution in [0.1, 0.15) is 47.9 Å². The Hall–Kier alpha value is -1.85. The summed E-state index contributed by atoms with van der Waals surface area (Å²) in [6.07, 6.45) is 2.34. The largest absolute Gasteiger partial charge is 0.481 e. The second-order valence-electron chi connectivity index (χ2n) is 5.70. The van der Waals surface area contributed by atoms with Crippen molar-refractivity contribution < 1.29 is 14.7 Å². The minimum Gasteiger partial charge on any atom is -0.481 e. The monoisotopic (exact) mass is 293 g/mol. The Bertz CT molecular complexity index is 551. The highest BCUT2D eigenvalue weighted by Crippen LogP contribution is 2.22. The van der Waals surface area contributed by atoms with E-state index in [-0.39, 0.29) is 5.91 Å². The lowest BCUT2D eigenvalue weighted by Gasteiger charge is -2.30. The summed E-state index contributed by atoms with van der Waals surface area (Å²) in [7, 11) is 0. The molecule has 1 atom stereocenters. The van der Waals surface area contributed by atoms with Crippen LogP contribution in [0.3, 0.4) is 0 Å². The lowest BCUT2D eigenvalue weighted by molar-refractivity contribution is -0.143. The van der Waals surface area contributed by atoms with Crippen LogP contribution in [0.2, 0.25) is 0 Å². The van der Waals surface area contributed by atoms with Crippen molar-refractivity contribution in [1.82, 2.24) is 14.7 Å². The van der Waals surface area contributed by atoms with Crippen molar-refractivity contribution in [1.29, 1.82) is 0 Å². The van der Waals surface area contributed by atoms with E-state index < -0.39 is 11.9 Å². The van der Waals surface area contributed by atoms with Crippen LogP contribution < -0.4 is 0 Å². The summed E-state index contributed by atoms with van der Waals surface area (Å²) in [5, 5.41) is 13.6. The number of amides is 1. The maximum atomic E-state index is 12.7. The van der Waals surface area contributed by atoms with Crippen molar-refractivity contribution in [3.05, 3.63) is 17.0 Å². The first kappa shape index (κ1) is 15.5. The Morgan fingerprint density at radius 2 is 2.10 bits per heavy atom. The second-order valence-corrected chi connectivity index (χ2v) is 5.70. The molecule has 21 heavy (non-hydrogen) atoms. The zero-order valence-corrected chi connectivity index (χ0v) is 12.9. The van der Waals surface area contributed by atoms with Crippen molar-refractivity contribution in [3.8, 4) is 0 Å². The molecule has 0 aliphatic carbocycles. The standard InChI is InChI=1S/C15H23N3O3/c1-4-7-18-11(3)13(10(2)16-18)14(19)17-8-5-6-12(9-17)15(20)21/h12H,4-9H2,1-3H3,(H,20,21)/t12-/m1/s1. The van der Waals surface area contributed by atoms with Crippen molar-refractivity contribution in [2.75, 3.05) is 13.1 Å². The highest BCUT2D eigenvalue weighted by molar-refractivity contribution is 5.96. The zero-order chi connectivity index (χ0) is 15.6. The summed E-state index contributed by atoms with van der Waals surface area (Å²) in [6.45, 7) is 7.52. The third-order valence-corrected chi connectivity index (χ3v) is 4.09. The van der Waals surface area contributed by atoms with E-state index in [4.69, 9.17) is 5.11 Å². The molecule has 116 valence electrons. The first-order valence-electron chi connectivity index (χ1n) is 7.51. The molecule has 6 nitrogen and oxygen atoms in total. The smallest absolute Gasteiger partial charge is 0.308 e. The summed E-state index contributed by atoms with van der Waals surface area (Å²) < 4.78 is 1.86. The number of nitrogens with zero attached hydrogens (tertiary/aromatic N) is 3. The molecule has 6 heteroatoms.